The van der Waals surface area contributed by atoms with Gasteiger partial charge in [0.15, 0.2) is 0 Å². The zero-order chi connectivity index (χ0) is 4.83. The summed E-state index contributed by atoms with van der Waals surface area (Å²) in [7, 11) is 4.37. The molecule has 1 unspecified atom stereocenters. The van der Waals surface area contributed by atoms with Crippen LogP contribution >= 0.6 is 21.6 Å². The second-order valence-electron chi connectivity index (χ2n) is 1.14. The van der Waals surface area contributed by atoms with E-state index < -0.39 is 0 Å². The predicted octanol–water partition coefficient (Wildman–Crippen LogP) is 1.32. The predicted molar refractivity (Wildman–Crippen MR) is 38.3 cm³/mol. The Morgan fingerprint density at radius 3 is 2.29 bits per heavy atom. The largest absolute Gasteiger partial charge is 0.385 e. The Bertz CT molecular complexity index is 23.7. The first-order chi connectivity index (χ1) is 2.91. The van der Waals surface area contributed by atoms with Crippen LogP contribution in [0.25, 0.3) is 0 Å². The fourth-order valence-corrected chi connectivity index (χ4v) is 0.394. The molecule has 0 aromatic rings. The molecule has 0 rings (SSSR count). The third-order valence-corrected chi connectivity index (χ3v) is 0.961. The molecule has 0 fully saturated rings. The molecule has 0 N–H and O–H groups in total. The van der Waals surface area contributed by atoms with Crippen LogP contribution in [0.5, 0.6) is 0 Å². The number of ether oxygens (including phenoxy) is 1. The van der Waals surface area contributed by atoms with Gasteiger partial charge in [0, 0.05) is 13.7 Å². The van der Waals surface area contributed by atoms with Crippen molar-refractivity contribution >= 4 is 21.6 Å². The van der Waals surface area contributed by atoms with Gasteiger partial charge in [0.05, 0.1) is 0 Å². The second kappa shape index (κ2) is 9.84. The molecular weight excluding hydrogens is 130 g/mol. The lowest BCUT2D eigenvalue weighted by atomic mass is 10.5. The third-order valence-electron chi connectivity index (χ3n) is 0.553. The van der Waals surface area contributed by atoms with E-state index in [4.69, 9.17) is 4.74 Å². The summed E-state index contributed by atoms with van der Waals surface area (Å²) >= 11 is 0. The van der Waals surface area contributed by atoms with Crippen molar-refractivity contribution in [2.45, 2.75) is 6.42 Å². The molecule has 0 spiro atoms. The molecule has 0 aliphatic heterocycles. The molecule has 1 atom stereocenters. The van der Waals surface area contributed by atoms with Crippen molar-refractivity contribution in [2.75, 3.05) is 19.9 Å². The summed E-state index contributed by atoms with van der Waals surface area (Å²) in [5.41, 5.74) is 0. The highest BCUT2D eigenvalue weighted by Crippen LogP contribution is 1.85. The van der Waals surface area contributed by atoms with Crippen LogP contribution in [-0.2, 0) is 4.74 Å². The minimum absolute atomic E-state index is 0. The Kier molecular flexibility index (Phi) is 14.9. The average molecular weight is 143 g/mol. The van der Waals surface area contributed by atoms with Crippen molar-refractivity contribution in [1.29, 1.82) is 0 Å². The molecule has 0 heterocycles. The van der Waals surface area contributed by atoms with Crippen molar-refractivity contribution < 1.29 is 4.74 Å². The molecule has 0 amide bonds. The summed E-state index contributed by atoms with van der Waals surface area (Å²) in [6.07, 6.45) is 2.30. The lowest BCUT2D eigenvalue weighted by Gasteiger charge is -1.89. The Morgan fingerprint density at radius 1 is 1.57 bits per heavy atom. The van der Waals surface area contributed by atoms with E-state index in [1.54, 1.807) is 7.11 Å². The first-order valence-electron chi connectivity index (χ1n) is 2.11. The van der Waals surface area contributed by atoms with Crippen LogP contribution < -0.4 is 0 Å². The summed E-state index contributed by atoms with van der Waals surface area (Å²) in [4.78, 5) is 0. The first-order valence-corrected chi connectivity index (χ1v) is 2.92. The molecule has 7 heavy (non-hydrogen) atoms. The topological polar surface area (TPSA) is 9.23 Å². The van der Waals surface area contributed by atoms with E-state index in [0.29, 0.717) is 0 Å². The fraction of sp³-hybridized carbons (Fsp3) is 1.00. The molecule has 1 nitrogen and oxygen atoms in total. The molecule has 0 saturated carbocycles. The SMILES string of the molecule is COCCCP.Cl. The molecule has 0 aliphatic carbocycles. The molecule has 0 aromatic carbocycles. The van der Waals surface area contributed by atoms with Gasteiger partial charge >= 0.3 is 0 Å². The van der Waals surface area contributed by atoms with E-state index in [-0.39, 0.29) is 12.4 Å². The lowest BCUT2D eigenvalue weighted by Crippen LogP contribution is -1.86. The summed E-state index contributed by atoms with van der Waals surface area (Å²) < 4.78 is 4.77. The van der Waals surface area contributed by atoms with Crippen molar-refractivity contribution in [3.63, 3.8) is 0 Å². The number of hydrogen-bond acceptors (Lipinski definition) is 1. The molecule has 0 saturated heterocycles. The van der Waals surface area contributed by atoms with Crippen molar-refractivity contribution in [3.8, 4) is 0 Å². The van der Waals surface area contributed by atoms with E-state index in [1.165, 1.54) is 0 Å². The Labute approximate surface area is 53.4 Å². The maximum atomic E-state index is 4.77. The van der Waals surface area contributed by atoms with Crippen LogP contribution in [-0.4, -0.2) is 19.9 Å². The van der Waals surface area contributed by atoms with Crippen molar-refractivity contribution in [3.05, 3.63) is 0 Å². The molecule has 0 aliphatic rings. The smallest absolute Gasteiger partial charge is 0.0465 e. The van der Waals surface area contributed by atoms with Gasteiger partial charge in [-0.1, -0.05) is 0 Å². The first kappa shape index (κ1) is 10.6. The van der Waals surface area contributed by atoms with Crippen LogP contribution in [0.1, 0.15) is 6.42 Å². The Balaban J connectivity index is 0. The Hall–Kier alpha value is 0.680. The van der Waals surface area contributed by atoms with E-state index >= 15 is 0 Å². The van der Waals surface area contributed by atoms with E-state index in [2.05, 4.69) is 9.24 Å². The zero-order valence-electron chi connectivity index (χ0n) is 4.52. The van der Waals surface area contributed by atoms with Gasteiger partial charge in [0.1, 0.15) is 0 Å². The van der Waals surface area contributed by atoms with E-state index in [0.717, 1.165) is 19.2 Å². The summed E-state index contributed by atoms with van der Waals surface area (Å²) in [5, 5.41) is 0. The third kappa shape index (κ3) is 10.8. The standard InChI is InChI=1S/C4H11OP.ClH/c1-5-3-2-4-6;/h2-4,6H2,1H3;1H. The summed E-state index contributed by atoms with van der Waals surface area (Å²) in [6.45, 7) is 0.892. The van der Waals surface area contributed by atoms with Crippen LogP contribution in [0.3, 0.4) is 0 Å². The minimum Gasteiger partial charge on any atom is -0.385 e. The fourth-order valence-electron chi connectivity index (χ4n) is 0.228. The zero-order valence-corrected chi connectivity index (χ0v) is 6.49. The number of rotatable bonds is 3. The van der Waals surface area contributed by atoms with Gasteiger partial charge in [0.25, 0.3) is 0 Å². The minimum atomic E-state index is 0. The number of hydrogen-bond donors (Lipinski definition) is 0. The molecule has 0 bridgehead atoms. The molecule has 0 radical (unpaired) electrons. The van der Waals surface area contributed by atoms with Gasteiger partial charge in [-0.15, -0.1) is 21.6 Å². The highest BCUT2D eigenvalue weighted by molar-refractivity contribution is 7.16. The van der Waals surface area contributed by atoms with Gasteiger partial charge in [-0.3, -0.25) is 0 Å². The van der Waals surface area contributed by atoms with Gasteiger partial charge in [-0.25, -0.2) is 0 Å². The van der Waals surface area contributed by atoms with Crippen LogP contribution in [0, 0.1) is 0 Å². The van der Waals surface area contributed by atoms with Crippen LogP contribution in [0.15, 0.2) is 0 Å². The highest BCUT2D eigenvalue weighted by Gasteiger charge is 1.74. The highest BCUT2D eigenvalue weighted by atomic mass is 35.5. The number of halogens is 1. The molecule has 3 heteroatoms. The van der Waals surface area contributed by atoms with Gasteiger partial charge in [0.2, 0.25) is 0 Å². The van der Waals surface area contributed by atoms with Gasteiger partial charge < -0.3 is 4.74 Å². The lowest BCUT2D eigenvalue weighted by molar-refractivity contribution is 0.200. The summed E-state index contributed by atoms with van der Waals surface area (Å²) in [5.74, 6) is 0. The maximum Gasteiger partial charge on any atom is 0.0465 e. The number of methoxy groups -OCH3 is 1. The van der Waals surface area contributed by atoms with Crippen molar-refractivity contribution in [1.82, 2.24) is 0 Å². The average Bonchev–Trinajstić information content (AvgIpc) is 1.61. The van der Waals surface area contributed by atoms with Crippen LogP contribution in [0.2, 0.25) is 0 Å². The van der Waals surface area contributed by atoms with Crippen molar-refractivity contribution in [2.24, 2.45) is 0 Å². The van der Waals surface area contributed by atoms with Gasteiger partial charge in [-0.05, 0) is 12.6 Å². The molecule has 46 valence electrons. The van der Waals surface area contributed by atoms with Gasteiger partial charge in [-0.2, -0.15) is 0 Å². The monoisotopic (exact) mass is 142 g/mol. The quantitative estimate of drug-likeness (QED) is 0.427. The molecule has 0 aromatic heterocycles. The Morgan fingerprint density at radius 2 is 2.14 bits per heavy atom. The molecular formula is C4H12ClOP. The normalized spacial score (nSPS) is 7.71. The second-order valence-corrected chi connectivity index (χ2v) is 1.71. The maximum absolute atomic E-state index is 4.77. The van der Waals surface area contributed by atoms with E-state index in [9.17, 15) is 0 Å². The van der Waals surface area contributed by atoms with Crippen LogP contribution in [0.4, 0.5) is 0 Å². The summed E-state index contributed by atoms with van der Waals surface area (Å²) in [6, 6.07) is 0. The van der Waals surface area contributed by atoms with E-state index in [1.807, 2.05) is 0 Å².